The Morgan fingerprint density at radius 2 is 1.11 bits per heavy atom. The average molecular weight is 339 g/mol. The van der Waals surface area contributed by atoms with Crippen LogP contribution in [-0.4, -0.2) is 45.5 Å². The van der Waals surface area contributed by atoms with Gasteiger partial charge in [0, 0.05) is 32.3 Å². The summed E-state index contributed by atoms with van der Waals surface area (Å²) < 4.78 is 15.8. The van der Waals surface area contributed by atoms with Crippen LogP contribution in [-0.2, 0) is 14.2 Å². The minimum Gasteiger partial charge on any atom is -0.382 e. The highest BCUT2D eigenvalue weighted by molar-refractivity contribution is 9.09. The molecule has 0 rings (SSSR count). The molecule has 0 N–H and O–H groups in total. The van der Waals surface area contributed by atoms with E-state index in [4.69, 9.17) is 14.2 Å². The molecule has 0 radical (unpaired) electrons. The lowest BCUT2D eigenvalue weighted by Crippen LogP contribution is -2.06. The Morgan fingerprint density at radius 3 is 1.74 bits per heavy atom. The standard InChI is InChI=1S/C15H31BrO3/c1-17-14-15-19-13-9-12-18-11-8-6-4-2-3-5-7-10-16/h2-15H2,1H3. The Labute approximate surface area is 127 Å². The summed E-state index contributed by atoms with van der Waals surface area (Å²) in [5, 5.41) is 1.15. The van der Waals surface area contributed by atoms with E-state index in [1.807, 2.05) is 0 Å². The largest absolute Gasteiger partial charge is 0.382 e. The first-order valence-electron chi connectivity index (χ1n) is 7.62. The van der Waals surface area contributed by atoms with Gasteiger partial charge in [-0.1, -0.05) is 48.0 Å². The molecule has 0 aromatic carbocycles. The number of hydrogen-bond donors (Lipinski definition) is 0. The summed E-state index contributed by atoms with van der Waals surface area (Å²) in [4.78, 5) is 0. The van der Waals surface area contributed by atoms with E-state index in [9.17, 15) is 0 Å². The molecule has 0 aromatic heterocycles. The van der Waals surface area contributed by atoms with E-state index in [1.54, 1.807) is 7.11 Å². The van der Waals surface area contributed by atoms with Crippen molar-refractivity contribution in [3.8, 4) is 0 Å². The van der Waals surface area contributed by atoms with Crippen LogP contribution in [0.3, 0.4) is 0 Å². The summed E-state index contributed by atoms with van der Waals surface area (Å²) >= 11 is 3.46. The normalized spacial score (nSPS) is 11.1. The van der Waals surface area contributed by atoms with Crippen molar-refractivity contribution in [1.82, 2.24) is 0 Å². The molecule has 116 valence electrons. The van der Waals surface area contributed by atoms with Gasteiger partial charge in [0.15, 0.2) is 0 Å². The molecule has 0 amide bonds. The van der Waals surface area contributed by atoms with Crippen LogP contribution in [0.5, 0.6) is 0 Å². The molecule has 0 heterocycles. The van der Waals surface area contributed by atoms with Crippen molar-refractivity contribution < 1.29 is 14.2 Å². The lowest BCUT2D eigenvalue weighted by atomic mass is 10.1. The second kappa shape index (κ2) is 18.4. The van der Waals surface area contributed by atoms with Gasteiger partial charge in [-0.2, -0.15) is 0 Å². The van der Waals surface area contributed by atoms with E-state index in [1.165, 1.54) is 44.9 Å². The number of ether oxygens (including phenoxy) is 3. The van der Waals surface area contributed by atoms with Gasteiger partial charge in [-0.15, -0.1) is 0 Å². The van der Waals surface area contributed by atoms with E-state index in [2.05, 4.69) is 15.9 Å². The third-order valence-electron chi connectivity index (χ3n) is 2.93. The van der Waals surface area contributed by atoms with Gasteiger partial charge < -0.3 is 14.2 Å². The summed E-state index contributed by atoms with van der Waals surface area (Å²) in [6, 6.07) is 0. The molecule has 0 aromatic rings. The first kappa shape index (κ1) is 19.4. The van der Waals surface area contributed by atoms with Gasteiger partial charge in [0.1, 0.15) is 0 Å². The highest BCUT2D eigenvalue weighted by Crippen LogP contribution is 2.08. The lowest BCUT2D eigenvalue weighted by Gasteiger charge is -2.05. The van der Waals surface area contributed by atoms with E-state index in [0.29, 0.717) is 13.2 Å². The van der Waals surface area contributed by atoms with Crippen molar-refractivity contribution in [2.45, 2.75) is 51.4 Å². The third kappa shape index (κ3) is 18.4. The van der Waals surface area contributed by atoms with Gasteiger partial charge in [-0.3, -0.25) is 0 Å². The number of halogens is 1. The summed E-state index contributed by atoms with van der Waals surface area (Å²) in [5.74, 6) is 0. The fraction of sp³-hybridized carbons (Fsp3) is 1.00. The van der Waals surface area contributed by atoms with E-state index < -0.39 is 0 Å². The van der Waals surface area contributed by atoms with E-state index in [-0.39, 0.29) is 0 Å². The lowest BCUT2D eigenvalue weighted by molar-refractivity contribution is 0.0508. The van der Waals surface area contributed by atoms with Crippen molar-refractivity contribution in [3.63, 3.8) is 0 Å². The fourth-order valence-electron chi connectivity index (χ4n) is 1.79. The van der Waals surface area contributed by atoms with Gasteiger partial charge >= 0.3 is 0 Å². The van der Waals surface area contributed by atoms with Crippen LogP contribution in [0.25, 0.3) is 0 Å². The van der Waals surface area contributed by atoms with Crippen molar-refractivity contribution in [2.75, 3.05) is 45.5 Å². The molecular weight excluding hydrogens is 308 g/mol. The van der Waals surface area contributed by atoms with Crippen LogP contribution in [0.1, 0.15) is 51.4 Å². The first-order chi connectivity index (χ1) is 9.41. The Morgan fingerprint density at radius 1 is 0.579 bits per heavy atom. The Bertz CT molecular complexity index is 140. The van der Waals surface area contributed by atoms with Crippen LogP contribution in [0.15, 0.2) is 0 Å². The van der Waals surface area contributed by atoms with Crippen LogP contribution < -0.4 is 0 Å². The Hall–Kier alpha value is 0.360. The SMILES string of the molecule is COCCOCCCOCCCCCCCCCBr. The fourth-order valence-corrected chi connectivity index (χ4v) is 2.19. The first-order valence-corrected chi connectivity index (χ1v) is 8.74. The predicted molar refractivity (Wildman–Crippen MR) is 84.2 cm³/mol. The summed E-state index contributed by atoms with van der Waals surface area (Å²) in [5.41, 5.74) is 0. The third-order valence-corrected chi connectivity index (χ3v) is 3.49. The molecule has 0 aliphatic carbocycles. The van der Waals surface area contributed by atoms with Crippen molar-refractivity contribution in [3.05, 3.63) is 0 Å². The zero-order valence-electron chi connectivity index (χ0n) is 12.5. The monoisotopic (exact) mass is 338 g/mol. The van der Waals surface area contributed by atoms with Crippen molar-refractivity contribution >= 4 is 15.9 Å². The van der Waals surface area contributed by atoms with Gasteiger partial charge in [0.25, 0.3) is 0 Å². The van der Waals surface area contributed by atoms with Gasteiger partial charge in [-0.25, -0.2) is 0 Å². The van der Waals surface area contributed by atoms with Gasteiger partial charge in [0.2, 0.25) is 0 Å². The van der Waals surface area contributed by atoms with Gasteiger partial charge in [-0.05, 0) is 19.3 Å². The molecule has 4 heteroatoms. The molecule has 3 nitrogen and oxygen atoms in total. The molecule has 0 fully saturated rings. The second-order valence-electron chi connectivity index (χ2n) is 4.73. The molecule has 0 aliphatic heterocycles. The van der Waals surface area contributed by atoms with Crippen molar-refractivity contribution in [2.24, 2.45) is 0 Å². The summed E-state index contributed by atoms with van der Waals surface area (Å²) in [6.07, 6.45) is 10.3. The van der Waals surface area contributed by atoms with E-state index >= 15 is 0 Å². The topological polar surface area (TPSA) is 27.7 Å². The Balaban J connectivity index is 2.88. The van der Waals surface area contributed by atoms with E-state index in [0.717, 1.165) is 31.6 Å². The maximum atomic E-state index is 5.57. The maximum absolute atomic E-state index is 5.57. The van der Waals surface area contributed by atoms with Crippen LogP contribution in [0.2, 0.25) is 0 Å². The molecule has 0 unspecified atom stereocenters. The number of rotatable bonds is 16. The number of methoxy groups -OCH3 is 1. The van der Waals surface area contributed by atoms with Crippen LogP contribution in [0, 0.1) is 0 Å². The highest BCUT2D eigenvalue weighted by atomic mass is 79.9. The Kier molecular flexibility index (Phi) is 18.7. The van der Waals surface area contributed by atoms with Crippen LogP contribution in [0.4, 0.5) is 0 Å². The average Bonchev–Trinajstić information content (AvgIpc) is 2.43. The quantitative estimate of drug-likeness (QED) is 0.312. The minimum atomic E-state index is 0.677. The van der Waals surface area contributed by atoms with Crippen LogP contribution >= 0.6 is 15.9 Å². The molecule has 0 saturated carbocycles. The van der Waals surface area contributed by atoms with Crippen molar-refractivity contribution in [1.29, 1.82) is 0 Å². The van der Waals surface area contributed by atoms with Gasteiger partial charge in [0.05, 0.1) is 13.2 Å². The zero-order valence-corrected chi connectivity index (χ0v) is 14.1. The maximum Gasteiger partial charge on any atom is 0.0700 e. The molecule has 0 aliphatic rings. The highest BCUT2D eigenvalue weighted by Gasteiger charge is 1.93. The summed E-state index contributed by atoms with van der Waals surface area (Å²) in [6.45, 7) is 3.86. The molecule has 19 heavy (non-hydrogen) atoms. The minimum absolute atomic E-state index is 0.677. The second-order valence-corrected chi connectivity index (χ2v) is 5.53. The number of alkyl halides is 1. The zero-order chi connectivity index (χ0) is 14.0. The molecule has 0 atom stereocenters. The number of unbranched alkanes of at least 4 members (excludes halogenated alkanes) is 6. The predicted octanol–water partition coefficient (Wildman–Crippen LogP) is 4.18. The molecular formula is C15H31BrO3. The molecule has 0 saturated heterocycles. The molecule has 0 spiro atoms. The molecule has 0 bridgehead atoms. The summed E-state index contributed by atoms with van der Waals surface area (Å²) in [7, 11) is 1.69. The smallest absolute Gasteiger partial charge is 0.0700 e. The number of hydrogen-bond acceptors (Lipinski definition) is 3.